The summed E-state index contributed by atoms with van der Waals surface area (Å²) in [6, 6.07) is 6.19. The second kappa shape index (κ2) is 7.57. The van der Waals surface area contributed by atoms with Crippen LogP contribution in [0.15, 0.2) is 18.2 Å². The van der Waals surface area contributed by atoms with Gasteiger partial charge in [0.05, 0.1) is 19.1 Å². The lowest BCUT2D eigenvalue weighted by Gasteiger charge is -2.34. The number of nitrogens with two attached hydrogens (primary N) is 1. The fourth-order valence-electron chi connectivity index (χ4n) is 2.62. The van der Waals surface area contributed by atoms with E-state index in [0.717, 1.165) is 5.56 Å². The van der Waals surface area contributed by atoms with Crippen LogP contribution in [-0.2, 0) is 16.1 Å². The Kier molecular flexibility index (Phi) is 5.74. The van der Waals surface area contributed by atoms with Gasteiger partial charge < -0.3 is 20.6 Å². The average Bonchev–Trinajstić information content (AvgIpc) is 2.52. The van der Waals surface area contributed by atoms with E-state index in [4.69, 9.17) is 5.73 Å². The summed E-state index contributed by atoms with van der Waals surface area (Å²) in [5.74, 6) is -0.285. The summed E-state index contributed by atoms with van der Waals surface area (Å²) in [5.41, 5.74) is 8.85. The zero-order valence-corrected chi connectivity index (χ0v) is 13.8. The summed E-state index contributed by atoms with van der Waals surface area (Å²) >= 11 is 0. The maximum Gasteiger partial charge on any atom is 0.242 e. The van der Waals surface area contributed by atoms with Crippen LogP contribution in [0.5, 0.6) is 0 Å². The molecule has 0 bridgehead atoms. The molecule has 0 spiro atoms. The minimum atomic E-state index is -0.842. The monoisotopic (exact) mass is 319 g/mol. The van der Waals surface area contributed by atoms with Crippen LogP contribution in [0.2, 0.25) is 0 Å². The molecule has 6 heteroatoms. The van der Waals surface area contributed by atoms with Crippen LogP contribution in [0, 0.1) is 13.8 Å². The summed E-state index contributed by atoms with van der Waals surface area (Å²) in [5, 5.41) is 9.45. The molecule has 1 heterocycles. The van der Waals surface area contributed by atoms with Gasteiger partial charge in [0.15, 0.2) is 0 Å². The van der Waals surface area contributed by atoms with Gasteiger partial charge in [-0.05, 0) is 30.5 Å². The Labute approximate surface area is 136 Å². The van der Waals surface area contributed by atoms with Gasteiger partial charge in [-0.3, -0.25) is 9.59 Å². The van der Waals surface area contributed by atoms with Gasteiger partial charge in [0, 0.05) is 26.2 Å². The van der Waals surface area contributed by atoms with Crippen LogP contribution in [-0.4, -0.2) is 59.0 Å². The van der Waals surface area contributed by atoms with Gasteiger partial charge in [-0.2, -0.15) is 0 Å². The minimum Gasteiger partial charge on any atom is -0.391 e. The number of hydrogen-bond acceptors (Lipinski definition) is 4. The molecule has 0 saturated carbocycles. The van der Waals surface area contributed by atoms with Gasteiger partial charge in [0.25, 0.3) is 0 Å². The van der Waals surface area contributed by atoms with E-state index in [-0.39, 0.29) is 31.3 Å². The van der Waals surface area contributed by atoms with Crippen LogP contribution in [0.4, 0.5) is 0 Å². The van der Waals surface area contributed by atoms with Crippen molar-refractivity contribution in [2.75, 3.05) is 26.2 Å². The lowest BCUT2D eigenvalue weighted by Crippen LogP contribution is -2.52. The highest BCUT2D eigenvalue weighted by Gasteiger charge is 2.27. The molecule has 1 fully saturated rings. The van der Waals surface area contributed by atoms with Crippen LogP contribution in [0.1, 0.15) is 23.1 Å². The summed E-state index contributed by atoms with van der Waals surface area (Å²) in [4.78, 5) is 27.5. The van der Waals surface area contributed by atoms with E-state index in [1.807, 2.05) is 6.07 Å². The van der Waals surface area contributed by atoms with Crippen LogP contribution >= 0.6 is 0 Å². The normalized spacial score (nSPS) is 16.6. The molecule has 1 aliphatic rings. The predicted molar refractivity (Wildman–Crippen MR) is 87.6 cm³/mol. The first-order chi connectivity index (χ1) is 10.9. The van der Waals surface area contributed by atoms with Crippen LogP contribution in [0.3, 0.4) is 0 Å². The highest BCUT2D eigenvalue weighted by Crippen LogP contribution is 2.14. The van der Waals surface area contributed by atoms with Crippen molar-refractivity contribution in [2.24, 2.45) is 5.73 Å². The molecule has 1 unspecified atom stereocenters. The minimum absolute atomic E-state index is 0.0268. The van der Waals surface area contributed by atoms with Crippen molar-refractivity contribution >= 4 is 11.8 Å². The molecule has 1 atom stereocenters. The first kappa shape index (κ1) is 17.4. The van der Waals surface area contributed by atoms with E-state index >= 15 is 0 Å². The molecule has 23 heavy (non-hydrogen) atoms. The molecule has 1 saturated heterocycles. The third-order valence-corrected chi connectivity index (χ3v) is 4.30. The quantitative estimate of drug-likeness (QED) is 0.811. The summed E-state index contributed by atoms with van der Waals surface area (Å²) in [6.45, 7) is 5.80. The molecule has 126 valence electrons. The standard InChI is InChI=1S/C17H25N3O3/c1-12-3-4-14(7-13(12)2)10-19-5-6-20(11-17(19)23)16(22)8-15(21)9-18/h3-4,7,15,21H,5-6,8-11,18H2,1-2H3. The highest BCUT2D eigenvalue weighted by atomic mass is 16.3. The fourth-order valence-corrected chi connectivity index (χ4v) is 2.62. The van der Waals surface area contributed by atoms with Crippen molar-refractivity contribution in [3.8, 4) is 0 Å². The number of piperazine rings is 1. The van der Waals surface area contributed by atoms with Crippen molar-refractivity contribution in [3.05, 3.63) is 34.9 Å². The van der Waals surface area contributed by atoms with Gasteiger partial charge >= 0.3 is 0 Å². The zero-order chi connectivity index (χ0) is 17.0. The van der Waals surface area contributed by atoms with E-state index in [9.17, 15) is 14.7 Å². The van der Waals surface area contributed by atoms with E-state index in [2.05, 4.69) is 26.0 Å². The Hall–Kier alpha value is -1.92. The number of aryl methyl sites for hydroxylation is 2. The van der Waals surface area contributed by atoms with Crippen molar-refractivity contribution < 1.29 is 14.7 Å². The van der Waals surface area contributed by atoms with Crippen molar-refractivity contribution in [3.63, 3.8) is 0 Å². The second-order valence-corrected chi connectivity index (χ2v) is 6.14. The molecule has 0 aliphatic carbocycles. The topological polar surface area (TPSA) is 86.9 Å². The van der Waals surface area contributed by atoms with Gasteiger partial charge in [0.2, 0.25) is 11.8 Å². The Balaban J connectivity index is 1.92. The SMILES string of the molecule is Cc1ccc(CN2CCN(C(=O)CC(O)CN)CC2=O)cc1C. The number of aliphatic hydroxyl groups is 1. The van der Waals surface area contributed by atoms with E-state index in [1.54, 1.807) is 4.90 Å². The zero-order valence-electron chi connectivity index (χ0n) is 13.8. The Bertz CT molecular complexity index is 588. The second-order valence-electron chi connectivity index (χ2n) is 6.14. The smallest absolute Gasteiger partial charge is 0.242 e. The number of hydrogen-bond donors (Lipinski definition) is 2. The summed E-state index contributed by atoms with van der Waals surface area (Å²) in [7, 11) is 0. The molecule has 1 aliphatic heterocycles. The maximum atomic E-state index is 12.3. The molecule has 6 nitrogen and oxygen atoms in total. The molecule has 1 aromatic rings. The summed E-state index contributed by atoms with van der Waals surface area (Å²) < 4.78 is 0. The molecule has 0 radical (unpaired) electrons. The molecule has 0 aromatic heterocycles. The third kappa shape index (κ3) is 4.53. The molecular weight excluding hydrogens is 294 g/mol. The maximum absolute atomic E-state index is 12.3. The molecule has 2 amide bonds. The number of aliphatic hydroxyl groups excluding tert-OH is 1. The average molecular weight is 319 g/mol. The molecule has 3 N–H and O–H groups in total. The van der Waals surface area contributed by atoms with Crippen molar-refractivity contribution in [1.82, 2.24) is 9.80 Å². The highest BCUT2D eigenvalue weighted by molar-refractivity contribution is 5.86. The lowest BCUT2D eigenvalue weighted by molar-refractivity contribution is -0.146. The van der Waals surface area contributed by atoms with Crippen molar-refractivity contribution in [2.45, 2.75) is 32.9 Å². The first-order valence-corrected chi connectivity index (χ1v) is 7.90. The molecule has 1 aromatic carbocycles. The first-order valence-electron chi connectivity index (χ1n) is 7.90. The van der Waals surface area contributed by atoms with E-state index in [0.29, 0.717) is 19.6 Å². The third-order valence-electron chi connectivity index (χ3n) is 4.30. The number of nitrogens with zero attached hydrogens (tertiary/aromatic N) is 2. The van der Waals surface area contributed by atoms with Crippen LogP contribution < -0.4 is 5.73 Å². The summed E-state index contributed by atoms with van der Waals surface area (Å²) in [6.07, 6.45) is -0.868. The largest absolute Gasteiger partial charge is 0.391 e. The Morgan fingerprint density at radius 3 is 2.65 bits per heavy atom. The number of carbonyl (C=O) groups excluding carboxylic acids is 2. The molecular formula is C17H25N3O3. The predicted octanol–water partition coefficient (Wildman–Crippen LogP) is 0.184. The van der Waals surface area contributed by atoms with E-state index < -0.39 is 6.10 Å². The van der Waals surface area contributed by atoms with Crippen molar-refractivity contribution in [1.29, 1.82) is 0 Å². The van der Waals surface area contributed by atoms with Crippen LogP contribution in [0.25, 0.3) is 0 Å². The fraction of sp³-hybridized carbons (Fsp3) is 0.529. The Morgan fingerprint density at radius 2 is 2.04 bits per heavy atom. The van der Waals surface area contributed by atoms with Gasteiger partial charge in [-0.1, -0.05) is 18.2 Å². The number of rotatable bonds is 5. The van der Waals surface area contributed by atoms with E-state index in [1.165, 1.54) is 16.0 Å². The molecule has 2 rings (SSSR count). The number of amides is 2. The Morgan fingerprint density at radius 1 is 1.30 bits per heavy atom. The number of carbonyl (C=O) groups is 2. The lowest BCUT2D eigenvalue weighted by atomic mass is 10.1. The van der Waals surface area contributed by atoms with Gasteiger partial charge in [0.1, 0.15) is 0 Å². The van der Waals surface area contributed by atoms with Gasteiger partial charge in [-0.25, -0.2) is 0 Å². The van der Waals surface area contributed by atoms with Gasteiger partial charge in [-0.15, -0.1) is 0 Å². The number of benzene rings is 1.